The molecule has 0 bridgehead atoms. The summed E-state index contributed by atoms with van der Waals surface area (Å²) in [4.78, 5) is 12.8. The predicted molar refractivity (Wildman–Crippen MR) is 119 cm³/mol. The highest BCUT2D eigenvalue weighted by Crippen LogP contribution is 2.13. The highest BCUT2D eigenvalue weighted by Gasteiger charge is 2.26. The van der Waals surface area contributed by atoms with Crippen LogP contribution in [-0.2, 0) is 21.2 Å². The van der Waals surface area contributed by atoms with E-state index in [1.54, 1.807) is 24.3 Å². The lowest BCUT2D eigenvalue weighted by molar-refractivity contribution is -0.122. The minimum atomic E-state index is -3.91. The van der Waals surface area contributed by atoms with Gasteiger partial charge in [-0.15, -0.1) is 0 Å². The summed E-state index contributed by atoms with van der Waals surface area (Å²) in [6, 6.07) is 20.7. The van der Waals surface area contributed by atoms with E-state index in [4.69, 9.17) is 0 Å². The Morgan fingerprint density at radius 2 is 1.65 bits per heavy atom. The third kappa shape index (κ3) is 6.50. The van der Waals surface area contributed by atoms with Crippen molar-refractivity contribution >= 4 is 22.1 Å². The Morgan fingerprint density at radius 1 is 1.00 bits per heavy atom. The Morgan fingerprint density at radius 3 is 2.29 bits per heavy atom. The smallest absolute Gasteiger partial charge is 0.258 e. The van der Waals surface area contributed by atoms with Crippen molar-refractivity contribution in [1.29, 1.82) is 0 Å². The second-order valence-corrected chi connectivity index (χ2v) is 8.72. The molecule has 7 nitrogen and oxygen atoms in total. The minimum absolute atomic E-state index is 0.0801. The highest BCUT2D eigenvalue weighted by molar-refractivity contribution is 7.89. The van der Waals surface area contributed by atoms with Crippen molar-refractivity contribution in [3.8, 4) is 5.75 Å². The number of carbonyl (C=O) groups is 1. The predicted octanol–water partition coefficient (Wildman–Crippen LogP) is 2.74. The fraction of sp³-hybridized carbons (Fsp3) is 0.130. The Balaban J connectivity index is 1.77. The van der Waals surface area contributed by atoms with Crippen LogP contribution in [0.5, 0.6) is 5.75 Å². The number of sulfonamides is 1. The van der Waals surface area contributed by atoms with Crippen molar-refractivity contribution in [3.63, 3.8) is 0 Å². The average Bonchev–Trinajstić information content (AvgIpc) is 2.75. The van der Waals surface area contributed by atoms with Gasteiger partial charge in [0.05, 0.1) is 11.1 Å². The van der Waals surface area contributed by atoms with E-state index in [9.17, 15) is 18.3 Å². The molecule has 0 fully saturated rings. The number of hydrogen-bond donors (Lipinski definition) is 3. The number of amides is 1. The number of hydrogen-bond acceptors (Lipinski definition) is 5. The molecule has 1 atom stereocenters. The monoisotopic (exact) mass is 437 g/mol. The summed E-state index contributed by atoms with van der Waals surface area (Å²) < 4.78 is 28.1. The Kier molecular flexibility index (Phi) is 7.17. The van der Waals surface area contributed by atoms with E-state index >= 15 is 0 Å². The Labute approximate surface area is 181 Å². The van der Waals surface area contributed by atoms with Crippen LogP contribution in [0.4, 0.5) is 0 Å². The standard InChI is InChI=1S/C23H23N3O4S/c1-17-7-13-21(14-8-17)31(29,30)26-22(15-18-5-3-2-4-6-18)23(28)25-24-16-19-9-11-20(27)12-10-19/h2-14,16,22,26-27H,15H2,1H3,(H,25,28). The van der Waals surface area contributed by atoms with Crippen LogP contribution in [0.3, 0.4) is 0 Å². The lowest BCUT2D eigenvalue weighted by Gasteiger charge is -2.17. The quantitative estimate of drug-likeness (QED) is 0.372. The first-order valence-electron chi connectivity index (χ1n) is 9.58. The third-order valence-corrected chi connectivity index (χ3v) is 6.00. The molecule has 3 aromatic carbocycles. The van der Waals surface area contributed by atoms with Crippen LogP contribution in [-0.4, -0.2) is 31.7 Å². The van der Waals surface area contributed by atoms with Crippen LogP contribution in [0.1, 0.15) is 16.7 Å². The molecule has 3 N–H and O–H groups in total. The number of carbonyl (C=O) groups excluding carboxylic acids is 1. The van der Waals surface area contributed by atoms with E-state index in [0.717, 1.165) is 11.1 Å². The fourth-order valence-electron chi connectivity index (χ4n) is 2.82. The molecule has 0 heterocycles. The van der Waals surface area contributed by atoms with Gasteiger partial charge >= 0.3 is 0 Å². The zero-order chi connectivity index (χ0) is 22.3. The number of phenols is 1. The second kappa shape index (κ2) is 10.0. The SMILES string of the molecule is Cc1ccc(S(=O)(=O)NC(Cc2ccccc2)C(=O)NN=Cc2ccc(O)cc2)cc1. The van der Waals surface area contributed by atoms with Crippen LogP contribution in [0.15, 0.2) is 88.9 Å². The number of hydrazone groups is 1. The van der Waals surface area contributed by atoms with Gasteiger partial charge in [0.25, 0.3) is 5.91 Å². The molecule has 31 heavy (non-hydrogen) atoms. The Hall–Kier alpha value is -3.49. The summed E-state index contributed by atoms with van der Waals surface area (Å²) in [5.74, 6) is -0.468. The van der Waals surface area contributed by atoms with Crippen molar-refractivity contribution < 1.29 is 18.3 Å². The summed E-state index contributed by atoms with van der Waals surface area (Å²) >= 11 is 0. The van der Waals surface area contributed by atoms with E-state index in [0.29, 0.717) is 5.56 Å². The fourth-order valence-corrected chi connectivity index (χ4v) is 4.01. The van der Waals surface area contributed by atoms with Crippen molar-refractivity contribution in [2.24, 2.45) is 5.10 Å². The molecule has 0 radical (unpaired) electrons. The van der Waals surface area contributed by atoms with Gasteiger partial charge in [-0.05, 0) is 60.9 Å². The second-order valence-electron chi connectivity index (χ2n) is 7.00. The van der Waals surface area contributed by atoms with E-state index in [-0.39, 0.29) is 17.1 Å². The normalized spacial score (nSPS) is 12.5. The molecule has 0 saturated carbocycles. The van der Waals surface area contributed by atoms with E-state index in [2.05, 4.69) is 15.2 Å². The molecule has 1 unspecified atom stereocenters. The van der Waals surface area contributed by atoms with Gasteiger partial charge in [-0.3, -0.25) is 4.79 Å². The van der Waals surface area contributed by atoms with Gasteiger partial charge in [0.1, 0.15) is 11.8 Å². The average molecular weight is 438 g/mol. The maximum Gasteiger partial charge on any atom is 0.258 e. The molecule has 3 aromatic rings. The summed E-state index contributed by atoms with van der Waals surface area (Å²) in [6.45, 7) is 1.86. The number of benzene rings is 3. The number of nitrogens with one attached hydrogen (secondary N) is 2. The number of rotatable bonds is 8. The first kappa shape index (κ1) is 22.2. The topological polar surface area (TPSA) is 108 Å². The molecule has 0 aliphatic heterocycles. The molecule has 0 aliphatic rings. The lowest BCUT2D eigenvalue weighted by atomic mass is 10.1. The molecule has 160 valence electrons. The van der Waals surface area contributed by atoms with Crippen LogP contribution < -0.4 is 10.1 Å². The zero-order valence-corrected chi connectivity index (χ0v) is 17.7. The third-order valence-electron chi connectivity index (χ3n) is 4.51. The van der Waals surface area contributed by atoms with Crippen LogP contribution >= 0.6 is 0 Å². The van der Waals surface area contributed by atoms with Crippen molar-refractivity contribution in [3.05, 3.63) is 95.6 Å². The summed E-state index contributed by atoms with van der Waals surface area (Å²) in [6.07, 6.45) is 1.57. The number of aromatic hydroxyl groups is 1. The number of aryl methyl sites for hydroxylation is 1. The first-order valence-corrected chi connectivity index (χ1v) is 11.1. The van der Waals surface area contributed by atoms with Gasteiger partial charge in [0.15, 0.2) is 0 Å². The van der Waals surface area contributed by atoms with Gasteiger partial charge in [0.2, 0.25) is 10.0 Å². The maximum atomic E-state index is 12.8. The molecular formula is C23H23N3O4S. The van der Waals surface area contributed by atoms with Crippen LogP contribution in [0.2, 0.25) is 0 Å². The molecule has 3 rings (SSSR count). The molecule has 8 heteroatoms. The van der Waals surface area contributed by atoms with Crippen molar-refractivity contribution in [2.75, 3.05) is 0 Å². The highest BCUT2D eigenvalue weighted by atomic mass is 32.2. The van der Waals surface area contributed by atoms with Crippen LogP contribution in [0, 0.1) is 6.92 Å². The molecule has 0 aromatic heterocycles. The van der Waals surface area contributed by atoms with Crippen molar-refractivity contribution in [2.45, 2.75) is 24.3 Å². The lowest BCUT2D eigenvalue weighted by Crippen LogP contribution is -2.46. The van der Waals surface area contributed by atoms with Crippen molar-refractivity contribution in [1.82, 2.24) is 10.1 Å². The Bertz CT molecular complexity index is 1140. The minimum Gasteiger partial charge on any atom is -0.508 e. The summed E-state index contributed by atoms with van der Waals surface area (Å²) in [5, 5.41) is 13.2. The van der Waals surface area contributed by atoms with Gasteiger partial charge < -0.3 is 5.11 Å². The molecule has 1 amide bonds. The number of phenolic OH excluding ortho intramolecular Hbond substituents is 1. The number of nitrogens with zero attached hydrogens (tertiary/aromatic N) is 1. The molecule has 0 spiro atoms. The molecular weight excluding hydrogens is 414 g/mol. The van der Waals surface area contributed by atoms with Crippen LogP contribution in [0.25, 0.3) is 0 Å². The van der Waals surface area contributed by atoms with Gasteiger partial charge in [-0.1, -0.05) is 48.0 Å². The van der Waals surface area contributed by atoms with E-state index in [1.807, 2.05) is 37.3 Å². The first-order chi connectivity index (χ1) is 14.8. The maximum absolute atomic E-state index is 12.8. The van der Waals surface area contributed by atoms with Gasteiger partial charge in [-0.2, -0.15) is 9.82 Å². The summed E-state index contributed by atoms with van der Waals surface area (Å²) in [5.41, 5.74) is 4.79. The summed E-state index contributed by atoms with van der Waals surface area (Å²) in [7, 11) is -3.91. The van der Waals surface area contributed by atoms with E-state index in [1.165, 1.54) is 30.5 Å². The van der Waals surface area contributed by atoms with E-state index < -0.39 is 22.0 Å². The molecule has 0 aliphatic carbocycles. The zero-order valence-electron chi connectivity index (χ0n) is 16.9. The largest absolute Gasteiger partial charge is 0.508 e. The van der Waals surface area contributed by atoms with Gasteiger partial charge in [0, 0.05) is 0 Å². The van der Waals surface area contributed by atoms with Gasteiger partial charge in [-0.25, -0.2) is 13.8 Å². The molecule has 0 saturated heterocycles.